The highest BCUT2D eigenvalue weighted by atomic mass is 16.5. The second-order valence-electron chi connectivity index (χ2n) is 10.1. The molecule has 1 aromatic carbocycles. The lowest BCUT2D eigenvalue weighted by molar-refractivity contribution is -0.142. The second kappa shape index (κ2) is 12.3. The van der Waals surface area contributed by atoms with Crippen LogP contribution in [0, 0.1) is 11.8 Å². The predicted octanol–water partition coefficient (Wildman–Crippen LogP) is 4.75. The number of carbonyl (C=O) groups is 2. The number of carbonyl (C=O) groups excluding carboxylic acids is 2. The van der Waals surface area contributed by atoms with E-state index < -0.39 is 0 Å². The molecule has 1 amide bonds. The van der Waals surface area contributed by atoms with Gasteiger partial charge in [0.05, 0.1) is 20.3 Å². The molecule has 1 fully saturated rings. The molecule has 2 aliphatic rings. The molecule has 4 rings (SSSR count). The molecule has 0 spiro atoms. The Labute approximate surface area is 218 Å². The van der Waals surface area contributed by atoms with E-state index in [1.165, 1.54) is 12.7 Å². The fourth-order valence-electron chi connectivity index (χ4n) is 5.02. The normalized spacial score (nSPS) is 20.4. The zero-order valence-corrected chi connectivity index (χ0v) is 22.1. The molecule has 1 aliphatic carbocycles. The van der Waals surface area contributed by atoms with Crippen molar-refractivity contribution in [3.05, 3.63) is 35.4 Å². The molecule has 1 saturated carbocycles. The van der Waals surface area contributed by atoms with Crippen LogP contribution in [0.4, 0.5) is 11.5 Å². The predicted molar refractivity (Wildman–Crippen MR) is 141 cm³/mol. The lowest BCUT2D eigenvalue weighted by atomic mass is 9.77. The van der Waals surface area contributed by atoms with Crippen molar-refractivity contribution >= 4 is 23.4 Å². The van der Waals surface area contributed by atoms with Crippen molar-refractivity contribution in [3.63, 3.8) is 0 Å². The quantitative estimate of drug-likeness (QED) is 0.480. The van der Waals surface area contributed by atoms with Gasteiger partial charge in [-0.15, -0.1) is 0 Å². The number of hydrogen-bond donors (Lipinski definition) is 1. The van der Waals surface area contributed by atoms with Crippen molar-refractivity contribution in [2.45, 2.75) is 64.7 Å². The molecule has 2 N–H and O–H groups in total. The van der Waals surface area contributed by atoms with Gasteiger partial charge in [0.2, 0.25) is 5.88 Å². The largest absolute Gasteiger partial charge is 0.475 e. The van der Waals surface area contributed by atoms with Crippen molar-refractivity contribution in [2.24, 2.45) is 11.8 Å². The molecule has 1 atom stereocenters. The van der Waals surface area contributed by atoms with Crippen molar-refractivity contribution in [3.8, 4) is 11.9 Å². The maximum atomic E-state index is 13.5. The highest BCUT2D eigenvalue weighted by Gasteiger charge is 2.30. The molecule has 0 saturated heterocycles. The van der Waals surface area contributed by atoms with E-state index >= 15 is 0 Å². The van der Waals surface area contributed by atoms with Gasteiger partial charge in [-0.05, 0) is 67.6 Å². The number of anilines is 2. The van der Waals surface area contributed by atoms with Crippen molar-refractivity contribution < 1.29 is 23.8 Å². The van der Waals surface area contributed by atoms with Crippen molar-refractivity contribution in [1.82, 2.24) is 9.97 Å². The van der Waals surface area contributed by atoms with Gasteiger partial charge in [0.25, 0.3) is 5.91 Å². The van der Waals surface area contributed by atoms with Crippen LogP contribution in [0.5, 0.6) is 11.9 Å². The number of rotatable bonds is 9. The fraction of sp³-hybridized carbons (Fsp3) is 0.571. The first-order valence-electron chi connectivity index (χ1n) is 13.3. The van der Waals surface area contributed by atoms with Gasteiger partial charge in [-0.1, -0.05) is 32.4 Å². The Morgan fingerprint density at radius 1 is 1.19 bits per heavy atom. The van der Waals surface area contributed by atoms with Gasteiger partial charge in [0, 0.05) is 12.1 Å². The highest BCUT2D eigenvalue weighted by Crippen LogP contribution is 2.38. The molecule has 1 aliphatic heterocycles. The number of hydrogen-bond acceptors (Lipinski definition) is 8. The summed E-state index contributed by atoms with van der Waals surface area (Å²) in [7, 11) is 1.44. The summed E-state index contributed by atoms with van der Waals surface area (Å²) in [6, 6.07) is 8.26. The monoisotopic (exact) mass is 510 g/mol. The average Bonchev–Trinajstić information content (AvgIpc) is 3.07. The maximum Gasteiger partial charge on any atom is 0.321 e. The Morgan fingerprint density at radius 3 is 2.59 bits per heavy atom. The Balaban J connectivity index is 1.42. The number of esters is 1. The number of ether oxygens (including phenoxy) is 3. The third kappa shape index (κ3) is 6.50. The maximum absolute atomic E-state index is 13.5. The Bertz CT molecular complexity index is 1080. The summed E-state index contributed by atoms with van der Waals surface area (Å²) >= 11 is 0. The van der Waals surface area contributed by atoms with Crippen LogP contribution >= 0.6 is 0 Å². The number of methoxy groups -OCH3 is 1. The smallest absolute Gasteiger partial charge is 0.321 e. The summed E-state index contributed by atoms with van der Waals surface area (Å²) in [5.41, 5.74) is 8.38. The van der Waals surface area contributed by atoms with E-state index in [1.54, 1.807) is 4.90 Å². The van der Waals surface area contributed by atoms with Crippen LogP contribution in [0.3, 0.4) is 0 Å². The topological polar surface area (TPSA) is 117 Å². The first-order chi connectivity index (χ1) is 17.9. The van der Waals surface area contributed by atoms with Crippen LogP contribution < -0.4 is 20.1 Å². The zero-order chi connectivity index (χ0) is 26.4. The summed E-state index contributed by atoms with van der Waals surface area (Å²) in [4.78, 5) is 35.2. The van der Waals surface area contributed by atoms with Crippen LogP contribution in [0.15, 0.2) is 24.3 Å². The molecule has 0 radical (unpaired) electrons. The molecule has 9 heteroatoms. The van der Waals surface area contributed by atoms with Crippen molar-refractivity contribution in [1.29, 1.82) is 0 Å². The molecule has 2 aromatic rings. The first-order valence-corrected chi connectivity index (χ1v) is 13.3. The van der Waals surface area contributed by atoms with E-state index in [0.717, 1.165) is 44.2 Å². The van der Waals surface area contributed by atoms with Crippen LogP contribution in [-0.4, -0.2) is 48.7 Å². The van der Waals surface area contributed by atoms with E-state index in [-0.39, 0.29) is 41.8 Å². The van der Waals surface area contributed by atoms with E-state index in [1.807, 2.05) is 12.1 Å². The SMILES string of the molecule is CCC(C)CCOc1nc(N)c2c(n1)OCCN(c1ccc(C3CCC(CC(=O)OC)CC3)cc1)C2=O. The first kappa shape index (κ1) is 26.7. The number of nitrogens with two attached hydrogens (primary N) is 1. The standard InChI is InChI=1S/C28H38N4O5/c1-4-18(2)13-15-37-28-30-25(29)24-26(31-28)36-16-14-32(27(24)34)22-11-9-21(10-12-22)20-7-5-19(6-8-20)17-23(33)35-3/h9-12,18-20H,4-8,13-17H2,1-3H3,(H2,29,30,31). The Hall–Kier alpha value is -3.36. The second-order valence-corrected chi connectivity index (χ2v) is 10.1. The molecule has 1 aromatic heterocycles. The minimum absolute atomic E-state index is 0.0563. The summed E-state index contributed by atoms with van der Waals surface area (Å²) in [5.74, 6) is 1.20. The molecule has 0 bridgehead atoms. The minimum atomic E-state index is -0.285. The summed E-state index contributed by atoms with van der Waals surface area (Å²) in [6.07, 6.45) is 6.58. The lowest BCUT2D eigenvalue weighted by Gasteiger charge is -2.28. The third-order valence-corrected chi connectivity index (χ3v) is 7.64. The lowest BCUT2D eigenvalue weighted by Crippen LogP contribution is -2.32. The summed E-state index contributed by atoms with van der Waals surface area (Å²) < 4.78 is 16.3. The summed E-state index contributed by atoms with van der Waals surface area (Å²) in [6.45, 7) is 5.44. The van der Waals surface area contributed by atoms with E-state index in [2.05, 4.69) is 35.9 Å². The van der Waals surface area contributed by atoms with Gasteiger partial charge in [-0.25, -0.2) is 0 Å². The summed E-state index contributed by atoms with van der Waals surface area (Å²) in [5, 5.41) is 0. The molecular weight excluding hydrogens is 472 g/mol. The molecule has 37 heavy (non-hydrogen) atoms. The van der Waals surface area contributed by atoms with E-state index in [0.29, 0.717) is 37.3 Å². The Kier molecular flexibility index (Phi) is 8.84. The molecule has 200 valence electrons. The molecule has 2 heterocycles. The van der Waals surface area contributed by atoms with Gasteiger partial charge in [-0.3, -0.25) is 9.59 Å². The van der Waals surface area contributed by atoms with Gasteiger partial charge in [-0.2, -0.15) is 9.97 Å². The molecule has 1 unspecified atom stereocenters. The minimum Gasteiger partial charge on any atom is -0.475 e. The van der Waals surface area contributed by atoms with Crippen LogP contribution in [0.2, 0.25) is 0 Å². The molecular formula is C28H38N4O5. The van der Waals surface area contributed by atoms with E-state index in [9.17, 15) is 9.59 Å². The van der Waals surface area contributed by atoms with Gasteiger partial charge < -0.3 is 24.8 Å². The third-order valence-electron chi connectivity index (χ3n) is 7.64. The number of benzene rings is 1. The molecule has 9 nitrogen and oxygen atoms in total. The number of fused-ring (bicyclic) bond motifs is 1. The fourth-order valence-corrected chi connectivity index (χ4v) is 5.02. The van der Waals surface area contributed by atoms with Crippen LogP contribution in [0.1, 0.15) is 80.6 Å². The Morgan fingerprint density at radius 2 is 1.92 bits per heavy atom. The number of nitrogen functional groups attached to an aromatic ring is 1. The van der Waals surface area contributed by atoms with Crippen LogP contribution in [0.25, 0.3) is 0 Å². The number of nitrogens with zero attached hydrogens (tertiary/aromatic N) is 3. The van der Waals surface area contributed by atoms with Crippen molar-refractivity contribution in [2.75, 3.05) is 37.5 Å². The van der Waals surface area contributed by atoms with Gasteiger partial charge >= 0.3 is 12.0 Å². The zero-order valence-electron chi connectivity index (χ0n) is 22.1. The number of aromatic nitrogens is 2. The van der Waals surface area contributed by atoms with Gasteiger partial charge in [0.15, 0.2) is 0 Å². The number of amides is 1. The van der Waals surface area contributed by atoms with Gasteiger partial charge in [0.1, 0.15) is 18.0 Å². The van der Waals surface area contributed by atoms with E-state index in [4.69, 9.17) is 19.9 Å². The van der Waals surface area contributed by atoms with Crippen LogP contribution in [-0.2, 0) is 9.53 Å². The highest BCUT2D eigenvalue weighted by molar-refractivity contribution is 6.10. The average molecular weight is 511 g/mol.